The van der Waals surface area contributed by atoms with Crippen LogP contribution in [0.25, 0.3) is 11.4 Å². The first-order chi connectivity index (χ1) is 18.3. The summed E-state index contributed by atoms with van der Waals surface area (Å²) in [5.41, 5.74) is -0.220. The van der Waals surface area contributed by atoms with Crippen LogP contribution in [0.3, 0.4) is 0 Å². The summed E-state index contributed by atoms with van der Waals surface area (Å²) in [5, 5.41) is 0. The first kappa shape index (κ1) is 25.8. The van der Waals surface area contributed by atoms with E-state index in [9.17, 15) is 17.6 Å². The molecule has 0 atom stereocenters. The summed E-state index contributed by atoms with van der Waals surface area (Å²) >= 11 is 0. The number of hydrogen-bond acceptors (Lipinski definition) is 8. The predicted octanol–water partition coefficient (Wildman–Crippen LogP) is 3.73. The molecule has 0 radical (unpaired) electrons. The maximum Gasteiger partial charge on any atom is 0.419 e. The number of pyridine rings is 1. The maximum atomic E-state index is 14.0. The van der Waals surface area contributed by atoms with Gasteiger partial charge in [0.1, 0.15) is 11.6 Å². The van der Waals surface area contributed by atoms with Gasteiger partial charge in [-0.15, -0.1) is 6.58 Å². The number of halogens is 4. The molecule has 0 unspecified atom stereocenters. The smallest absolute Gasteiger partial charge is 0.353 e. The lowest BCUT2D eigenvalue weighted by atomic mass is 10.2. The van der Waals surface area contributed by atoms with E-state index in [2.05, 4.69) is 31.3 Å². The quantitative estimate of drug-likeness (QED) is 0.355. The molecule has 1 aromatic carbocycles. The molecule has 3 aromatic rings. The molecule has 200 valence electrons. The van der Waals surface area contributed by atoms with E-state index in [0.29, 0.717) is 62.6 Å². The van der Waals surface area contributed by atoms with Crippen molar-refractivity contribution in [3.63, 3.8) is 0 Å². The van der Waals surface area contributed by atoms with Crippen molar-refractivity contribution < 1.29 is 17.6 Å². The minimum absolute atomic E-state index is 0.0752. The van der Waals surface area contributed by atoms with Gasteiger partial charge in [-0.3, -0.25) is 4.90 Å². The number of aromatic nitrogens is 4. The van der Waals surface area contributed by atoms with Gasteiger partial charge in [-0.25, -0.2) is 9.37 Å². The van der Waals surface area contributed by atoms with Crippen molar-refractivity contribution in [2.75, 3.05) is 73.6 Å². The Balaban J connectivity index is 1.40. The van der Waals surface area contributed by atoms with Crippen molar-refractivity contribution in [2.45, 2.75) is 6.18 Å². The number of anilines is 3. The van der Waals surface area contributed by atoms with E-state index in [1.54, 1.807) is 17.0 Å². The summed E-state index contributed by atoms with van der Waals surface area (Å²) in [4.78, 5) is 26.0. The van der Waals surface area contributed by atoms with Gasteiger partial charge in [-0.05, 0) is 24.3 Å². The van der Waals surface area contributed by atoms with Crippen LogP contribution in [0, 0.1) is 5.82 Å². The third-order valence-electron chi connectivity index (χ3n) is 6.69. The van der Waals surface area contributed by atoms with Crippen LogP contribution in [0.1, 0.15) is 5.56 Å². The predicted molar refractivity (Wildman–Crippen MR) is 138 cm³/mol. The van der Waals surface area contributed by atoms with Crippen LogP contribution in [0.4, 0.5) is 35.3 Å². The number of piperazine rings is 2. The zero-order valence-corrected chi connectivity index (χ0v) is 20.8. The molecular weight excluding hydrogens is 500 g/mol. The number of benzene rings is 1. The molecule has 0 amide bonds. The summed E-state index contributed by atoms with van der Waals surface area (Å²) in [7, 11) is 0. The summed E-state index contributed by atoms with van der Waals surface area (Å²) in [6.45, 7) is 9.12. The van der Waals surface area contributed by atoms with Crippen LogP contribution in [-0.4, -0.2) is 83.7 Å². The van der Waals surface area contributed by atoms with E-state index in [1.807, 2.05) is 11.0 Å². The molecule has 5 rings (SSSR count). The van der Waals surface area contributed by atoms with E-state index in [1.165, 1.54) is 24.4 Å². The van der Waals surface area contributed by atoms with Crippen LogP contribution in [0.15, 0.2) is 55.3 Å². The van der Waals surface area contributed by atoms with Crippen molar-refractivity contribution >= 4 is 17.7 Å². The van der Waals surface area contributed by atoms with Crippen molar-refractivity contribution in [1.82, 2.24) is 24.8 Å². The van der Waals surface area contributed by atoms with Crippen LogP contribution >= 0.6 is 0 Å². The summed E-state index contributed by atoms with van der Waals surface area (Å²) in [5.74, 6) is 0.797. The Morgan fingerprint density at radius 1 is 0.816 bits per heavy atom. The van der Waals surface area contributed by atoms with Gasteiger partial charge in [0.2, 0.25) is 11.9 Å². The highest BCUT2D eigenvalue weighted by Gasteiger charge is 2.36. The summed E-state index contributed by atoms with van der Waals surface area (Å²) in [6, 6.07) is 8.42. The fourth-order valence-corrected chi connectivity index (χ4v) is 4.69. The summed E-state index contributed by atoms with van der Waals surface area (Å²) in [6.07, 6.45) is -1.24. The van der Waals surface area contributed by atoms with E-state index < -0.39 is 17.6 Å². The van der Waals surface area contributed by atoms with Crippen LogP contribution in [-0.2, 0) is 6.18 Å². The minimum atomic E-state index is -4.49. The zero-order valence-electron chi connectivity index (χ0n) is 20.8. The highest BCUT2D eigenvalue weighted by molar-refractivity contribution is 5.59. The first-order valence-corrected chi connectivity index (χ1v) is 12.4. The second-order valence-corrected chi connectivity index (χ2v) is 9.19. The Kier molecular flexibility index (Phi) is 7.41. The molecule has 0 saturated carbocycles. The van der Waals surface area contributed by atoms with Crippen molar-refractivity contribution in [3.8, 4) is 11.4 Å². The fraction of sp³-hybridized carbons (Fsp3) is 0.385. The standard InChI is InChI=1S/C26H28F4N8/c1-2-9-35-10-12-37(13-11-35)24-32-22(19-5-3-6-20(27)18-19)33-25(34-24)38-16-14-36(15-17-38)23-21(26(28,29)30)7-4-8-31-23/h2-8,18H,1,9-17H2. The molecular formula is C26H28F4N8. The van der Waals surface area contributed by atoms with Gasteiger partial charge in [-0.1, -0.05) is 18.2 Å². The molecule has 12 heteroatoms. The molecule has 2 saturated heterocycles. The van der Waals surface area contributed by atoms with Crippen molar-refractivity contribution in [2.24, 2.45) is 0 Å². The SMILES string of the molecule is C=CCN1CCN(c2nc(-c3cccc(F)c3)nc(N3CCN(c4ncccc4C(F)(F)F)CC3)n2)CC1. The van der Waals surface area contributed by atoms with E-state index in [0.717, 1.165) is 25.7 Å². The Labute approximate surface area is 218 Å². The molecule has 2 aliphatic heterocycles. The first-order valence-electron chi connectivity index (χ1n) is 12.4. The maximum absolute atomic E-state index is 14.0. The number of nitrogens with zero attached hydrogens (tertiary/aromatic N) is 8. The number of alkyl halides is 3. The van der Waals surface area contributed by atoms with E-state index in [-0.39, 0.29) is 5.82 Å². The minimum Gasteiger partial charge on any atom is -0.353 e. The average Bonchev–Trinajstić information content (AvgIpc) is 2.93. The number of rotatable bonds is 6. The highest BCUT2D eigenvalue weighted by atomic mass is 19.4. The van der Waals surface area contributed by atoms with Crippen LogP contribution < -0.4 is 14.7 Å². The van der Waals surface area contributed by atoms with Gasteiger partial charge in [0.25, 0.3) is 0 Å². The second kappa shape index (κ2) is 10.9. The van der Waals surface area contributed by atoms with Crippen LogP contribution in [0.5, 0.6) is 0 Å². The van der Waals surface area contributed by atoms with Gasteiger partial charge in [0.05, 0.1) is 5.56 Å². The molecule has 8 nitrogen and oxygen atoms in total. The molecule has 2 aliphatic rings. The highest BCUT2D eigenvalue weighted by Crippen LogP contribution is 2.35. The van der Waals surface area contributed by atoms with Gasteiger partial charge in [-0.2, -0.15) is 28.1 Å². The van der Waals surface area contributed by atoms with Crippen LogP contribution in [0.2, 0.25) is 0 Å². The van der Waals surface area contributed by atoms with Crippen molar-refractivity contribution in [1.29, 1.82) is 0 Å². The van der Waals surface area contributed by atoms with E-state index in [4.69, 9.17) is 4.98 Å². The Bertz CT molecular complexity index is 1270. The normalized spacial score (nSPS) is 17.1. The lowest BCUT2D eigenvalue weighted by Gasteiger charge is -2.37. The molecule has 2 fully saturated rings. The van der Waals surface area contributed by atoms with Gasteiger partial charge < -0.3 is 14.7 Å². The fourth-order valence-electron chi connectivity index (χ4n) is 4.69. The lowest BCUT2D eigenvalue weighted by Crippen LogP contribution is -2.49. The molecule has 0 bridgehead atoms. The topological polar surface area (TPSA) is 64.5 Å². The second-order valence-electron chi connectivity index (χ2n) is 9.19. The largest absolute Gasteiger partial charge is 0.419 e. The molecule has 0 aliphatic carbocycles. The molecule has 2 aromatic heterocycles. The third-order valence-corrected chi connectivity index (χ3v) is 6.69. The molecule has 38 heavy (non-hydrogen) atoms. The summed E-state index contributed by atoms with van der Waals surface area (Å²) < 4.78 is 54.6. The molecule has 0 spiro atoms. The van der Waals surface area contributed by atoms with E-state index >= 15 is 0 Å². The Morgan fingerprint density at radius 3 is 2.05 bits per heavy atom. The number of hydrogen-bond donors (Lipinski definition) is 0. The third kappa shape index (κ3) is 5.69. The lowest BCUT2D eigenvalue weighted by molar-refractivity contribution is -0.137. The Morgan fingerprint density at radius 2 is 1.45 bits per heavy atom. The van der Waals surface area contributed by atoms with Crippen molar-refractivity contribution in [3.05, 3.63) is 66.6 Å². The average molecular weight is 529 g/mol. The van der Waals surface area contributed by atoms with Gasteiger partial charge in [0.15, 0.2) is 5.82 Å². The van der Waals surface area contributed by atoms with Gasteiger partial charge >= 0.3 is 6.18 Å². The monoisotopic (exact) mass is 528 g/mol. The molecule has 0 N–H and O–H groups in total. The molecule has 4 heterocycles. The Hall–Kier alpha value is -3.80. The zero-order chi connectivity index (χ0) is 26.7. The van der Waals surface area contributed by atoms with Gasteiger partial charge in [0, 0.05) is 70.7 Å².